The predicted octanol–water partition coefficient (Wildman–Crippen LogP) is 2.96. The van der Waals surface area contributed by atoms with Gasteiger partial charge in [0.1, 0.15) is 0 Å². The smallest absolute Gasteiger partial charge is 0.0577 e. The van der Waals surface area contributed by atoms with Gasteiger partial charge in [0.05, 0.1) is 10.8 Å². The van der Waals surface area contributed by atoms with Crippen LogP contribution in [0.25, 0.3) is 0 Å². The van der Waals surface area contributed by atoms with Crippen molar-refractivity contribution in [2.75, 3.05) is 6.54 Å². The van der Waals surface area contributed by atoms with Gasteiger partial charge in [-0.2, -0.15) is 0 Å². The van der Waals surface area contributed by atoms with Gasteiger partial charge in [0.2, 0.25) is 0 Å². The first kappa shape index (κ1) is 11.4. The van der Waals surface area contributed by atoms with Crippen LogP contribution in [0.5, 0.6) is 0 Å². The SMILES string of the molecule is CCCN(N=O)C(C)(CC)CC. The Kier molecular flexibility index (Phi) is 4.86. The summed E-state index contributed by atoms with van der Waals surface area (Å²) in [6.45, 7) is 9.10. The lowest BCUT2D eigenvalue weighted by molar-refractivity contribution is 0.0962. The van der Waals surface area contributed by atoms with Crippen molar-refractivity contribution in [2.45, 2.75) is 52.5 Å². The molecule has 0 bridgehead atoms. The van der Waals surface area contributed by atoms with E-state index in [4.69, 9.17) is 0 Å². The minimum atomic E-state index is -0.0439. The van der Waals surface area contributed by atoms with Crippen molar-refractivity contribution in [1.29, 1.82) is 0 Å². The summed E-state index contributed by atoms with van der Waals surface area (Å²) in [6, 6.07) is 0. The monoisotopic (exact) mass is 172 g/mol. The second-order valence-electron chi connectivity index (χ2n) is 3.41. The molecule has 0 unspecified atom stereocenters. The van der Waals surface area contributed by atoms with Gasteiger partial charge in [0.15, 0.2) is 0 Å². The number of nitrogens with zero attached hydrogens (tertiary/aromatic N) is 2. The fraction of sp³-hybridized carbons (Fsp3) is 1.00. The van der Waals surface area contributed by atoms with E-state index in [2.05, 4.69) is 33.0 Å². The van der Waals surface area contributed by atoms with Crippen molar-refractivity contribution in [3.05, 3.63) is 4.91 Å². The Morgan fingerprint density at radius 3 is 2.00 bits per heavy atom. The minimum absolute atomic E-state index is 0.0439. The normalized spacial score (nSPS) is 11.3. The van der Waals surface area contributed by atoms with E-state index < -0.39 is 0 Å². The average Bonchev–Trinajstić information content (AvgIpc) is 2.13. The van der Waals surface area contributed by atoms with Crippen LogP contribution in [-0.4, -0.2) is 17.1 Å². The maximum Gasteiger partial charge on any atom is 0.0577 e. The molecule has 0 N–H and O–H groups in total. The van der Waals surface area contributed by atoms with Gasteiger partial charge in [0.25, 0.3) is 0 Å². The first-order valence-corrected chi connectivity index (χ1v) is 4.75. The molecule has 0 rings (SSSR count). The van der Waals surface area contributed by atoms with E-state index in [1.165, 1.54) is 0 Å². The highest BCUT2D eigenvalue weighted by Gasteiger charge is 2.27. The molecule has 3 nitrogen and oxygen atoms in total. The Labute approximate surface area is 75.1 Å². The van der Waals surface area contributed by atoms with Crippen molar-refractivity contribution in [2.24, 2.45) is 5.29 Å². The highest BCUT2D eigenvalue weighted by molar-refractivity contribution is 4.80. The molecular formula is C9H20N2O. The van der Waals surface area contributed by atoms with Gasteiger partial charge in [-0.3, -0.25) is 5.01 Å². The van der Waals surface area contributed by atoms with Crippen LogP contribution in [0.2, 0.25) is 0 Å². The molecule has 0 aromatic heterocycles. The average molecular weight is 172 g/mol. The number of hydrogen-bond acceptors (Lipinski definition) is 2. The Bertz CT molecular complexity index is 132. The van der Waals surface area contributed by atoms with Crippen molar-refractivity contribution < 1.29 is 0 Å². The minimum Gasteiger partial charge on any atom is -0.255 e. The van der Waals surface area contributed by atoms with Gasteiger partial charge in [-0.1, -0.05) is 20.8 Å². The molecule has 0 aliphatic carbocycles. The van der Waals surface area contributed by atoms with E-state index in [-0.39, 0.29) is 5.54 Å². The summed E-state index contributed by atoms with van der Waals surface area (Å²) in [4.78, 5) is 10.5. The zero-order chi connectivity index (χ0) is 9.61. The molecule has 0 amide bonds. The van der Waals surface area contributed by atoms with Gasteiger partial charge in [-0.05, 0) is 26.2 Å². The first-order chi connectivity index (χ1) is 5.64. The van der Waals surface area contributed by atoms with Gasteiger partial charge in [-0.25, -0.2) is 0 Å². The van der Waals surface area contributed by atoms with E-state index in [9.17, 15) is 4.91 Å². The Hall–Kier alpha value is -0.600. The van der Waals surface area contributed by atoms with Crippen LogP contribution in [0.4, 0.5) is 0 Å². The van der Waals surface area contributed by atoms with E-state index in [1.54, 1.807) is 5.01 Å². The highest BCUT2D eigenvalue weighted by Crippen LogP contribution is 2.23. The Morgan fingerprint density at radius 1 is 1.25 bits per heavy atom. The summed E-state index contributed by atoms with van der Waals surface area (Å²) >= 11 is 0. The van der Waals surface area contributed by atoms with Gasteiger partial charge in [0, 0.05) is 6.54 Å². The third-order valence-corrected chi connectivity index (χ3v) is 2.68. The molecular weight excluding hydrogens is 152 g/mol. The predicted molar refractivity (Wildman–Crippen MR) is 51.8 cm³/mol. The molecule has 72 valence electrons. The molecule has 0 fully saturated rings. The van der Waals surface area contributed by atoms with Crippen molar-refractivity contribution in [3.8, 4) is 0 Å². The van der Waals surface area contributed by atoms with Crippen LogP contribution in [-0.2, 0) is 0 Å². The molecule has 0 aromatic carbocycles. The topological polar surface area (TPSA) is 32.7 Å². The lowest BCUT2D eigenvalue weighted by Crippen LogP contribution is -2.42. The van der Waals surface area contributed by atoms with Crippen LogP contribution in [0.15, 0.2) is 5.29 Å². The number of rotatable bonds is 6. The van der Waals surface area contributed by atoms with Crippen molar-refractivity contribution in [1.82, 2.24) is 5.01 Å². The maximum absolute atomic E-state index is 10.5. The molecule has 0 radical (unpaired) electrons. The molecule has 0 atom stereocenters. The van der Waals surface area contributed by atoms with Crippen molar-refractivity contribution in [3.63, 3.8) is 0 Å². The Balaban J connectivity index is 4.31. The molecule has 0 aliphatic rings. The number of nitroso groups, excluding NO2 is 1. The summed E-state index contributed by atoms with van der Waals surface area (Å²) in [5, 5.41) is 4.75. The molecule has 0 aliphatic heterocycles. The third kappa shape index (κ3) is 2.47. The van der Waals surface area contributed by atoms with Gasteiger partial charge >= 0.3 is 0 Å². The van der Waals surface area contributed by atoms with E-state index in [1.807, 2.05) is 0 Å². The van der Waals surface area contributed by atoms with Crippen molar-refractivity contribution >= 4 is 0 Å². The summed E-state index contributed by atoms with van der Waals surface area (Å²) < 4.78 is 0. The van der Waals surface area contributed by atoms with E-state index in [0.29, 0.717) is 0 Å². The maximum atomic E-state index is 10.5. The summed E-state index contributed by atoms with van der Waals surface area (Å²) in [5.74, 6) is 0. The van der Waals surface area contributed by atoms with E-state index >= 15 is 0 Å². The molecule has 12 heavy (non-hydrogen) atoms. The second-order valence-corrected chi connectivity index (χ2v) is 3.41. The fourth-order valence-electron chi connectivity index (χ4n) is 1.24. The lowest BCUT2D eigenvalue weighted by Gasteiger charge is -2.35. The molecule has 3 heteroatoms. The molecule has 0 saturated carbocycles. The first-order valence-electron chi connectivity index (χ1n) is 4.75. The molecule has 0 aromatic rings. The van der Waals surface area contributed by atoms with E-state index in [0.717, 1.165) is 25.8 Å². The fourth-order valence-corrected chi connectivity index (χ4v) is 1.24. The largest absolute Gasteiger partial charge is 0.255 e. The van der Waals surface area contributed by atoms with Crippen LogP contribution in [0.1, 0.15) is 47.0 Å². The number of hydrogen-bond donors (Lipinski definition) is 0. The molecule has 0 heterocycles. The van der Waals surface area contributed by atoms with Gasteiger partial charge in [-0.15, -0.1) is 4.91 Å². The Morgan fingerprint density at radius 2 is 1.75 bits per heavy atom. The quantitative estimate of drug-likeness (QED) is 0.456. The van der Waals surface area contributed by atoms with Crippen LogP contribution in [0, 0.1) is 4.91 Å². The summed E-state index contributed by atoms with van der Waals surface area (Å²) in [6.07, 6.45) is 2.91. The second kappa shape index (κ2) is 5.12. The summed E-state index contributed by atoms with van der Waals surface area (Å²) in [7, 11) is 0. The van der Waals surface area contributed by atoms with Crippen LogP contribution < -0.4 is 0 Å². The lowest BCUT2D eigenvalue weighted by atomic mass is 9.94. The van der Waals surface area contributed by atoms with Crippen LogP contribution >= 0.6 is 0 Å². The zero-order valence-electron chi connectivity index (χ0n) is 8.63. The zero-order valence-corrected chi connectivity index (χ0v) is 8.63. The van der Waals surface area contributed by atoms with Gasteiger partial charge < -0.3 is 0 Å². The standard InChI is InChI=1S/C9H20N2O/c1-5-8-11(10-12)9(4,6-2)7-3/h5-8H2,1-4H3. The third-order valence-electron chi connectivity index (χ3n) is 2.68. The molecule has 0 spiro atoms. The van der Waals surface area contributed by atoms with Crippen LogP contribution in [0.3, 0.4) is 0 Å². The highest BCUT2D eigenvalue weighted by atomic mass is 16.3. The summed E-state index contributed by atoms with van der Waals surface area (Å²) in [5.41, 5.74) is -0.0439. The molecule has 0 saturated heterocycles.